The highest BCUT2D eigenvalue weighted by molar-refractivity contribution is 8.00. The molecule has 1 aromatic carbocycles. The van der Waals surface area contributed by atoms with Crippen LogP contribution in [0.3, 0.4) is 0 Å². The van der Waals surface area contributed by atoms with Gasteiger partial charge >= 0.3 is 0 Å². The van der Waals surface area contributed by atoms with Crippen molar-refractivity contribution < 1.29 is 0 Å². The van der Waals surface area contributed by atoms with Gasteiger partial charge in [-0.05, 0) is 12.1 Å². The zero-order valence-corrected chi connectivity index (χ0v) is 12.1. The Labute approximate surface area is 122 Å². The highest BCUT2D eigenvalue weighted by Gasteiger charge is 2.10. The number of H-pyrrole nitrogens is 1. The molecule has 0 atom stereocenters. The average molecular weight is 316 g/mol. The Kier molecular flexibility index (Phi) is 3.39. The molecule has 0 unspecified atom stereocenters. The molecule has 0 aliphatic rings. The maximum absolute atomic E-state index is 6.13. The molecule has 2 heterocycles. The van der Waals surface area contributed by atoms with E-state index < -0.39 is 0 Å². The normalized spacial score (nSPS) is 11.0. The number of aromatic amines is 1. The highest BCUT2D eigenvalue weighted by atomic mass is 35.5. The number of halogens is 2. The van der Waals surface area contributed by atoms with Crippen molar-refractivity contribution in [2.24, 2.45) is 0 Å². The molecular formula is C11H7Cl2N3S2. The first-order valence-corrected chi connectivity index (χ1v) is 7.53. The first-order valence-electron chi connectivity index (χ1n) is 5.02. The number of nitrogens with one attached hydrogen (secondary N) is 2. The van der Waals surface area contributed by atoms with Crippen LogP contribution in [0.2, 0.25) is 10.0 Å². The van der Waals surface area contributed by atoms with Gasteiger partial charge < -0.3 is 9.71 Å². The molecule has 3 aromatic rings. The van der Waals surface area contributed by atoms with Gasteiger partial charge in [-0.25, -0.2) is 4.98 Å². The lowest BCUT2D eigenvalue weighted by atomic mass is 10.2. The molecule has 0 amide bonds. The van der Waals surface area contributed by atoms with Crippen LogP contribution in [-0.2, 0) is 0 Å². The van der Waals surface area contributed by atoms with Crippen molar-refractivity contribution in [3.8, 4) is 0 Å². The molecule has 18 heavy (non-hydrogen) atoms. The van der Waals surface area contributed by atoms with Crippen molar-refractivity contribution in [1.82, 2.24) is 9.97 Å². The van der Waals surface area contributed by atoms with Crippen LogP contribution >= 0.6 is 46.5 Å². The fourth-order valence-corrected chi connectivity index (χ4v) is 3.50. The van der Waals surface area contributed by atoms with Crippen LogP contribution in [-0.4, -0.2) is 9.97 Å². The molecule has 0 saturated heterocycles. The van der Waals surface area contributed by atoms with Crippen LogP contribution in [0.25, 0.3) is 10.9 Å². The van der Waals surface area contributed by atoms with E-state index in [1.807, 2.05) is 17.5 Å². The minimum atomic E-state index is 0.623. The second kappa shape index (κ2) is 5.01. The van der Waals surface area contributed by atoms with Crippen molar-refractivity contribution in [3.05, 3.63) is 39.3 Å². The Morgan fingerprint density at radius 1 is 1.28 bits per heavy atom. The molecule has 0 aliphatic heterocycles. The lowest BCUT2D eigenvalue weighted by molar-refractivity contribution is 1.21. The van der Waals surface area contributed by atoms with Crippen LogP contribution < -0.4 is 4.72 Å². The molecule has 2 N–H and O–H groups in total. The molecule has 2 aromatic heterocycles. The van der Waals surface area contributed by atoms with Crippen LogP contribution in [0.1, 0.15) is 0 Å². The van der Waals surface area contributed by atoms with Gasteiger partial charge in [0.2, 0.25) is 0 Å². The van der Waals surface area contributed by atoms with Crippen molar-refractivity contribution in [2.75, 3.05) is 4.72 Å². The zero-order valence-electron chi connectivity index (χ0n) is 8.91. The third-order valence-corrected chi connectivity index (χ3v) is 4.51. The van der Waals surface area contributed by atoms with Crippen molar-refractivity contribution >= 4 is 63.1 Å². The summed E-state index contributed by atoms with van der Waals surface area (Å²) in [6.07, 6.45) is 1.73. The number of fused-ring (bicyclic) bond motifs is 1. The second-order valence-electron chi connectivity index (χ2n) is 3.51. The summed E-state index contributed by atoms with van der Waals surface area (Å²) >= 11 is 15.2. The van der Waals surface area contributed by atoms with Crippen LogP contribution in [0, 0.1) is 0 Å². The summed E-state index contributed by atoms with van der Waals surface area (Å²) in [5.41, 5.74) is 3.63. The van der Waals surface area contributed by atoms with Crippen molar-refractivity contribution in [3.63, 3.8) is 0 Å². The number of aromatic nitrogens is 2. The van der Waals surface area contributed by atoms with Crippen LogP contribution in [0.15, 0.2) is 34.2 Å². The van der Waals surface area contributed by atoms with E-state index >= 15 is 0 Å². The maximum Gasteiger partial charge on any atom is 0.127 e. The first kappa shape index (κ1) is 12.2. The Hall–Kier alpha value is -0.880. The molecular weight excluding hydrogens is 309 g/mol. The van der Waals surface area contributed by atoms with E-state index in [-0.39, 0.29) is 0 Å². The summed E-state index contributed by atoms with van der Waals surface area (Å²) in [6, 6.07) is 3.74. The van der Waals surface area contributed by atoms with Crippen molar-refractivity contribution in [2.45, 2.75) is 5.03 Å². The monoisotopic (exact) mass is 315 g/mol. The number of rotatable bonds is 3. The summed E-state index contributed by atoms with van der Waals surface area (Å²) in [5, 5.41) is 5.01. The van der Waals surface area contributed by atoms with Gasteiger partial charge in [0.25, 0.3) is 0 Å². The molecule has 0 aliphatic carbocycles. The zero-order chi connectivity index (χ0) is 12.5. The minimum Gasteiger partial charge on any atom is -0.358 e. The Bertz CT molecular complexity index is 679. The number of thiazole rings is 1. The highest BCUT2D eigenvalue weighted by Crippen LogP contribution is 2.36. The first-order chi connectivity index (χ1) is 8.75. The Balaban J connectivity index is 1.95. The van der Waals surface area contributed by atoms with E-state index in [0.29, 0.717) is 10.0 Å². The number of hydrogen-bond acceptors (Lipinski definition) is 4. The third kappa shape index (κ3) is 2.19. The summed E-state index contributed by atoms with van der Waals surface area (Å²) in [4.78, 5) is 7.31. The number of nitrogens with zero attached hydrogens (tertiary/aromatic N) is 1. The molecule has 0 radical (unpaired) electrons. The average Bonchev–Trinajstić information content (AvgIpc) is 2.99. The van der Waals surface area contributed by atoms with Gasteiger partial charge in [0.05, 0.1) is 26.8 Å². The van der Waals surface area contributed by atoms with E-state index in [9.17, 15) is 0 Å². The van der Waals surface area contributed by atoms with Gasteiger partial charge in [-0.1, -0.05) is 23.2 Å². The van der Waals surface area contributed by atoms with E-state index in [4.69, 9.17) is 23.2 Å². The van der Waals surface area contributed by atoms with Crippen LogP contribution in [0.5, 0.6) is 0 Å². The smallest absolute Gasteiger partial charge is 0.127 e. The van der Waals surface area contributed by atoms with Gasteiger partial charge in [-0.2, -0.15) is 0 Å². The lowest BCUT2D eigenvalue weighted by Gasteiger charge is -2.06. The van der Waals surface area contributed by atoms with Gasteiger partial charge in [-0.3, -0.25) is 0 Å². The summed E-state index contributed by atoms with van der Waals surface area (Å²) < 4.78 is 3.24. The van der Waals surface area contributed by atoms with Gasteiger partial charge in [-0.15, -0.1) is 11.3 Å². The topological polar surface area (TPSA) is 40.7 Å². The lowest BCUT2D eigenvalue weighted by Crippen LogP contribution is -1.88. The fourth-order valence-electron chi connectivity index (χ4n) is 1.61. The third-order valence-electron chi connectivity index (χ3n) is 2.41. The fraction of sp³-hybridized carbons (Fsp3) is 0. The Morgan fingerprint density at radius 3 is 2.94 bits per heavy atom. The predicted octanol–water partition coefficient (Wildman–Crippen LogP) is 5.05. The number of benzene rings is 1. The molecule has 0 fully saturated rings. The molecule has 0 spiro atoms. The molecule has 3 nitrogen and oxygen atoms in total. The second-order valence-corrected chi connectivity index (χ2v) is 5.87. The number of hydrogen-bond donors (Lipinski definition) is 2. The molecule has 92 valence electrons. The molecule has 3 rings (SSSR count). The van der Waals surface area contributed by atoms with E-state index in [1.54, 1.807) is 23.0 Å². The van der Waals surface area contributed by atoms with Crippen molar-refractivity contribution in [1.29, 1.82) is 0 Å². The minimum absolute atomic E-state index is 0.623. The predicted molar refractivity (Wildman–Crippen MR) is 79.9 cm³/mol. The largest absolute Gasteiger partial charge is 0.358 e. The summed E-state index contributed by atoms with van der Waals surface area (Å²) in [5.74, 6) is 0. The standard InChI is InChI=1S/C11H7Cl2N3S2/c12-6-1-2-8(11-10(6)7(13)3-14-11)16-18-9-4-17-5-15-9/h1-5,14,16H. The summed E-state index contributed by atoms with van der Waals surface area (Å²) in [6.45, 7) is 0. The van der Waals surface area contributed by atoms with E-state index in [0.717, 1.165) is 21.6 Å². The SMILES string of the molecule is Clc1ccc(NSc2cscn2)c2[nH]cc(Cl)c12. The quantitative estimate of drug-likeness (QED) is 0.664. The maximum atomic E-state index is 6.13. The van der Waals surface area contributed by atoms with E-state index in [1.165, 1.54) is 11.9 Å². The van der Waals surface area contributed by atoms with Gasteiger partial charge in [0.15, 0.2) is 0 Å². The molecule has 0 bridgehead atoms. The van der Waals surface area contributed by atoms with Gasteiger partial charge in [0, 0.05) is 28.9 Å². The number of anilines is 1. The van der Waals surface area contributed by atoms with Gasteiger partial charge in [0.1, 0.15) is 5.03 Å². The summed E-state index contributed by atoms with van der Waals surface area (Å²) in [7, 11) is 0. The van der Waals surface area contributed by atoms with Crippen LogP contribution in [0.4, 0.5) is 5.69 Å². The molecule has 7 heteroatoms. The van der Waals surface area contributed by atoms with E-state index in [2.05, 4.69) is 14.7 Å². The molecule has 0 saturated carbocycles. The Morgan fingerprint density at radius 2 is 2.17 bits per heavy atom.